The van der Waals surface area contributed by atoms with E-state index in [0.717, 1.165) is 13.0 Å². The van der Waals surface area contributed by atoms with Crippen molar-refractivity contribution in [3.8, 4) is 0 Å². The molecule has 0 aliphatic carbocycles. The number of rotatable bonds is 5. The fourth-order valence-corrected chi connectivity index (χ4v) is 2.13. The van der Waals surface area contributed by atoms with E-state index in [-0.39, 0.29) is 5.75 Å². The normalized spacial score (nSPS) is 23.6. The molecule has 0 radical (unpaired) electrons. The molecule has 1 rings (SSSR count). The number of hydrogen-bond donors (Lipinski definition) is 2. The zero-order valence-corrected chi connectivity index (χ0v) is 8.86. The summed E-state index contributed by atoms with van der Waals surface area (Å²) in [5.74, 6) is 0.172. The summed E-state index contributed by atoms with van der Waals surface area (Å²) >= 11 is 0. The van der Waals surface area contributed by atoms with E-state index in [1.165, 1.54) is 12.8 Å². The Hall–Kier alpha value is -0.130. The van der Waals surface area contributed by atoms with E-state index >= 15 is 0 Å². The lowest BCUT2D eigenvalue weighted by molar-refractivity contribution is 0.540. The first kappa shape index (κ1) is 10.9. The molecule has 2 N–H and O–H groups in total. The summed E-state index contributed by atoms with van der Waals surface area (Å²) in [4.78, 5) is 0. The number of sulfonamides is 1. The lowest BCUT2D eigenvalue weighted by Crippen LogP contribution is -2.31. The van der Waals surface area contributed by atoms with Crippen molar-refractivity contribution in [2.75, 3.05) is 18.8 Å². The molecule has 1 aliphatic heterocycles. The Balaban J connectivity index is 2.13. The minimum atomic E-state index is -2.99. The van der Waals surface area contributed by atoms with Crippen LogP contribution in [-0.2, 0) is 10.0 Å². The molecular formula is C8H18N2O2S. The molecule has 5 heteroatoms. The van der Waals surface area contributed by atoms with E-state index < -0.39 is 10.0 Å². The van der Waals surface area contributed by atoms with Gasteiger partial charge in [0.1, 0.15) is 0 Å². The van der Waals surface area contributed by atoms with Gasteiger partial charge in [-0.05, 0) is 32.7 Å². The summed E-state index contributed by atoms with van der Waals surface area (Å²) in [6, 6.07) is 0.513. The van der Waals surface area contributed by atoms with Crippen molar-refractivity contribution in [1.82, 2.24) is 10.0 Å². The smallest absolute Gasteiger partial charge is 0.211 e. The van der Waals surface area contributed by atoms with Crippen LogP contribution in [0.5, 0.6) is 0 Å². The Kier molecular flexibility index (Phi) is 4.15. The van der Waals surface area contributed by atoms with Crippen molar-refractivity contribution < 1.29 is 8.42 Å². The summed E-state index contributed by atoms with van der Waals surface area (Å²) in [7, 11) is -2.99. The van der Waals surface area contributed by atoms with Crippen LogP contribution >= 0.6 is 0 Å². The molecule has 0 saturated carbocycles. The van der Waals surface area contributed by atoms with Gasteiger partial charge >= 0.3 is 0 Å². The maximum absolute atomic E-state index is 11.0. The molecule has 1 aliphatic rings. The van der Waals surface area contributed by atoms with E-state index in [9.17, 15) is 8.42 Å². The molecule has 0 amide bonds. The Bertz CT molecular complexity index is 233. The quantitative estimate of drug-likeness (QED) is 0.669. The predicted octanol–water partition coefficient (Wildman–Crippen LogP) is 0.0678. The predicted molar refractivity (Wildman–Crippen MR) is 53.1 cm³/mol. The monoisotopic (exact) mass is 206 g/mol. The first-order chi connectivity index (χ1) is 6.14. The maximum Gasteiger partial charge on any atom is 0.211 e. The average Bonchev–Trinajstić information content (AvgIpc) is 2.57. The average molecular weight is 206 g/mol. The molecule has 0 aromatic rings. The molecule has 0 aromatic carbocycles. The standard InChI is InChI=1S/C8H18N2O2S/c1-2-13(11,12)10-7-5-8-4-3-6-9-8/h8-10H,2-7H2,1H3/t8-/m1/s1. The minimum Gasteiger partial charge on any atom is -0.314 e. The topological polar surface area (TPSA) is 58.2 Å². The maximum atomic E-state index is 11.0. The van der Waals surface area contributed by atoms with Crippen LogP contribution < -0.4 is 10.0 Å². The second kappa shape index (κ2) is 4.93. The molecular weight excluding hydrogens is 188 g/mol. The van der Waals surface area contributed by atoms with Crippen LogP contribution in [-0.4, -0.2) is 33.3 Å². The largest absolute Gasteiger partial charge is 0.314 e. The molecule has 1 saturated heterocycles. The van der Waals surface area contributed by atoms with Gasteiger partial charge in [-0.1, -0.05) is 0 Å². The van der Waals surface area contributed by atoms with E-state index in [2.05, 4.69) is 10.0 Å². The van der Waals surface area contributed by atoms with Crippen molar-refractivity contribution in [2.24, 2.45) is 0 Å². The van der Waals surface area contributed by atoms with Gasteiger partial charge < -0.3 is 5.32 Å². The van der Waals surface area contributed by atoms with Crippen molar-refractivity contribution >= 4 is 10.0 Å². The zero-order valence-electron chi connectivity index (χ0n) is 8.04. The third kappa shape index (κ3) is 4.06. The summed E-state index contributed by atoms with van der Waals surface area (Å²) in [5, 5.41) is 3.33. The van der Waals surface area contributed by atoms with E-state index in [1.54, 1.807) is 6.92 Å². The molecule has 0 bridgehead atoms. The zero-order chi connectivity index (χ0) is 9.73. The Morgan fingerprint density at radius 3 is 2.85 bits per heavy atom. The van der Waals surface area contributed by atoms with E-state index in [4.69, 9.17) is 0 Å². The highest BCUT2D eigenvalue weighted by Crippen LogP contribution is 2.07. The molecule has 78 valence electrons. The van der Waals surface area contributed by atoms with Gasteiger partial charge in [-0.2, -0.15) is 0 Å². The number of hydrogen-bond acceptors (Lipinski definition) is 3. The van der Waals surface area contributed by atoms with Gasteiger partial charge in [0.15, 0.2) is 0 Å². The summed E-state index contributed by atoms with van der Waals surface area (Å²) in [6.45, 7) is 3.29. The van der Waals surface area contributed by atoms with Crippen LogP contribution in [0, 0.1) is 0 Å². The fourth-order valence-electron chi connectivity index (χ4n) is 1.49. The molecule has 0 aromatic heterocycles. The fraction of sp³-hybridized carbons (Fsp3) is 1.00. The molecule has 1 atom stereocenters. The van der Waals surface area contributed by atoms with Gasteiger partial charge in [-0.25, -0.2) is 13.1 Å². The van der Waals surface area contributed by atoms with Gasteiger partial charge in [-0.15, -0.1) is 0 Å². The van der Waals surface area contributed by atoms with Gasteiger partial charge in [-0.3, -0.25) is 0 Å². The van der Waals surface area contributed by atoms with Crippen LogP contribution in [0.2, 0.25) is 0 Å². The van der Waals surface area contributed by atoms with Crippen LogP contribution in [0.25, 0.3) is 0 Å². The molecule has 0 spiro atoms. The molecule has 13 heavy (non-hydrogen) atoms. The van der Waals surface area contributed by atoms with Crippen LogP contribution in [0.4, 0.5) is 0 Å². The van der Waals surface area contributed by atoms with Crippen LogP contribution in [0.1, 0.15) is 26.2 Å². The second-order valence-electron chi connectivity index (χ2n) is 3.38. The molecule has 1 fully saturated rings. The van der Waals surface area contributed by atoms with Gasteiger partial charge in [0.25, 0.3) is 0 Å². The lowest BCUT2D eigenvalue weighted by atomic mass is 10.2. The third-order valence-electron chi connectivity index (χ3n) is 2.36. The highest BCUT2D eigenvalue weighted by atomic mass is 32.2. The van der Waals surface area contributed by atoms with E-state index in [0.29, 0.717) is 12.6 Å². The molecule has 0 unspecified atom stereocenters. The first-order valence-corrected chi connectivity index (χ1v) is 6.50. The lowest BCUT2D eigenvalue weighted by Gasteiger charge is -2.10. The summed E-state index contributed by atoms with van der Waals surface area (Å²) in [5.41, 5.74) is 0. The highest BCUT2D eigenvalue weighted by molar-refractivity contribution is 7.89. The van der Waals surface area contributed by atoms with Gasteiger partial charge in [0, 0.05) is 12.6 Å². The molecule has 1 heterocycles. The third-order valence-corrected chi connectivity index (χ3v) is 3.76. The highest BCUT2D eigenvalue weighted by Gasteiger charge is 2.14. The van der Waals surface area contributed by atoms with Crippen molar-refractivity contribution in [3.05, 3.63) is 0 Å². The summed E-state index contributed by atoms with van der Waals surface area (Å²) in [6.07, 6.45) is 3.29. The van der Waals surface area contributed by atoms with Crippen LogP contribution in [0.15, 0.2) is 0 Å². The van der Waals surface area contributed by atoms with Crippen LogP contribution in [0.3, 0.4) is 0 Å². The first-order valence-electron chi connectivity index (χ1n) is 4.85. The van der Waals surface area contributed by atoms with Crippen molar-refractivity contribution in [3.63, 3.8) is 0 Å². The number of nitrogens with one attached hydrogen (secondary N) is 2. The SMILES string of the molecule is CCS(=O)(=O)NCC[C@H]1CCCN1. The van der Waals surface area contributed by atoms with Gasteiger partial charge in [0.2, 0.25) is 10.0 Å². The van der Waals surface area contributed by atoms with Crippen molar-refractivity contribution in [1.29, 1.82) is 0 Å². The van der Waals surface area contributed by atoms with Crippen molar-refractivity contribution in [2.45, 2.75) is 32.2 Å². The Morgan fingerprint density at radius 2 is 2.31 bits per heavy atom. The minimum absolute atomic E-state index is 0.172. The van der Waals surface area contributed by atoms with E-state index in [1.807, 2.05) is 0 Å². The second-order valence-corrected chi connectivity index (χ2v) is 5.48. The summed E-state index contributed by atoms with van der Waals surface area (Å²) < 4.78 is 24.7. The van der Waals surface area contributed by atoms with Gasteiger partial charge in [0.05, 0.1) is 5.75 Å². The Morgan fingerprint density at radius 1 is 1.54 bits per heavy atom. The molecule has 4 nitrogen and oxygen atoms in total. The Labute approximate surface area is 80.1 Å².